The zero-order valence-corrected chi connectivity index (χ0v) is 37.6. The van der Waals surface area contributed by atoms with Crippen LogP contribution in [0.15, 0.2) is 243 Å². The highest BCUT2D eigenvalue weighted by atomic mass is 32.1. The average molecular weight is 885 g/mol. The van der Waals surface area contributed by atoms with Crippen LogP contribution >= 0.6 is 11.3 Å². The van der Waals surface area contributed by atoms with Gasteiger partial charge in [-0.25, -0.2) is 15.0 Å². The molecule has 0 saturated heterocycles. The van der Waals surface area contributed by atoms with Gasteiger partial charge in [0, 0.05) is 53.3 Å². The van der Waals surface area contributed by atoms with Crippen LogP contribution in [-0.2, 0) is 0 Å². The Hall–Kier alpha value is -8.77. The van der Waals surface area contributed by atoms with E-state index in [1.54, 1.807) is 0 Å². The van der Waals surface area contributed by atoms with E-state index < -0.39 is 0 Å². The van der Waals surface area contributed by atoms with Gasteiger partial charge >= 0.3 is 0 Å². The third-order valence-corrected chi connectivity index (χ3v) is 14.2. The first kappa shape index (κ1) is 39.6. The maximum atomic E-state index is 5.31. The molecule has 5 heteroatoms. The maximum Gasteiger partial charge on any atom is 0.164 e. The van der Waals surface area contributed by atoms with Crippen molar-refractivity contribution in [3.8, 4) is 84.4 Å². The van der Waals surface area contributed by atoms with Crippen molar-refractivity contribution in [3.63, 3.8) is 0 Å². The molecule has 0 fully saturated rings. The molecular weight excluding hydrogens is 845 g/mol. The van der Waals surface area contributed by atoms with Gasteiger partial charge in [0.2, 0.25) is 0 Å². The summed E-state index contributed by atoms with van der Waals surface area (Å²) in [5.41, 5.74) is 15.4. The molecule has 0 N–H and O–H groups in total. The van der Waals surface area contributed by atoms with Crippen molar-refractivity contribution in [2.75, 3.05) is 0 Å². The molecule has 0 radical (unpaired) electrons. The number of rotatable bonds is 8. The minimum atomic E-state index is 0.616. The summed E-state index contributed by atoms with van der Waals surface area (Å²) in [4.78, 5) is 15.7. The van der Waals surface area contributed by atoms with Crippen molar-refractivity contribution in [2.45, 2.75) is 0 Å². The standard InChI is InChI=1S/C63H40N4S/c1-5-17-41(18-6-1)42-29-31-43(32-30-42)49-25-13-14-26-50(49)46-33-35-51(55(39-46)63-65-61(44-19-7-2-8-20-44)64-62(66-63)45-21-9-3-10-22-45)47-34-36-54-58(40-47)68-57-38-37-53-52-27-15-16-28-56(52)67(60(53)59(54)57)48-23-11-4-12-24-48/h1-40H. The molecule has 3 aromatic heterocycles. The van der Waals surface area contributed by atoms with Gasteiger partial charge in [0.05, 0.1) is 11.0 Å². The second-order valence-corrected chi connectivity index (χ2v) is 18.2. The second-order valence-electron chi connectivity index (χ2n) is 17.1. The summed E-state index contributed by atoms with van der Waals surface area (Å²) in [7, 11) is 0. The van der Waals surface area contributed by atoms with Gasteiger partial charge in [-0.2, -0.15) is 0 Å². The number of benzene rings is 10. The van der Waals surface area contributed by atoms with E-state index >= 15 is 0 Å². The van der Waals surface area contributed by atoms with Crippen molar-refractivity contribution in [1.29, 1.82) is 0 Å². The van der Waals surface area contributed by atoms with Gasteiger partial charge in [0.25, 0.3) is 0 Å². The Labute approximate surface area is 397 Å². The van der Waals surface area contributed by atoms with Crippen LogP contribution in [0.3, 0.4) is 0 Å². The number of hydrogen-bond acceptors (Lipinski definition) is 4. The largest absolute Gasteiger partial charge is 0.309 e. The molecule has 13 rings (SSSR count). The molecule has 0 aliphatic rings. The number of thiophene rings is 1. The fourth-order valence-electron chi connectivity index (χ4n) is 9.87. The van der Waals surface area contributed by atoms with Crippen molar-refractivity contribution in [3.05, 3.63) is 243 Å². The summed E-state index contributed by atoms with van der Waals surface area (Å²) >= 11 is 1.84. The molecule has 0 saturated carbocycles. The van der Waals surface area contributed by atoms with Crippen LogP contribution in [0.5, 0.6) is 0 Å². The first-order chi connectivity index (χ1) is 33.7. The van der Waals surface area contributed by atoms with Crippen molar-refractivity contribution in [1.82, 2.24) is 19.5 Å². The first-order valence-corrected chi connectivity index (χ1v) is 23.7. The van der Waals surface area contributed by atoms with Gasteiger partial charge < -0.3 is 4.57 Å². The lowest BCUT2D eigenvalue weighted by atomic mass is 9.90. The van der Waals surface area contributed by atoms with Crippen molar-refractivity contribution in [2.24, 2.45) is 0 Å². The number of nitrogens with zero attached hydrogens (tertiary/aromatic N) is 4. The molecule has 3 heterocycles. The second kappa shape index (κ2) is 16.6. The Balaban J connectivity index is 1.02. The third-order valence-electron chi connectivity index (χ3n) is 13.1. The quantitative estimate of drug-likeness (QED) is 0.153. The van der Waals surface area contributed by atoms with Crippen LogP contribution < -0.4 is 0 Å². The van der Waals surface area contributed by atoms with Crippen LogP contribution in [0.25, 0.3) is 126 Å². The van der Waals surface area contributed by atoms with Crippen molar-refractivity contribution >= 4 is 53.3 Å². The van der Waals surface area contributed by atoms with Crippen LogP contribution in [0.4, 0.5) is 0 Å². The number of para-hydroxylation sites is 2. The summed E-state index contributed by atoms with van der Waals surface area (Å²) in [6, 6.07) is 86.4. The highest BCUT2D eigenvalue weighted by molar-refractivity contribution is 7.26. The molecule has 0 aliphatic carbocycles. The number of fused-ring (bicyclic) bond motifs is 7. The Morgan fingerprint density at radius 2 is 0.779 bits per heavy atom. The van der Waals surface area contributed by atoms with Crippen molar-refractivity contribution < 1.29 is 0 Å². The molecule has 0 unspecified atom stereocenters. The van der Waals surface area contributed by atoms with Gasteiger partial charge in [-0.3, -0.25) is 0 Å². The molecule has 4 nitrogen and oxygen atoms in total. The summed E-state index contributed by atoms with van der Waals surface area (Å²) in [5, 5.41) is 5.02. The SMILES string of the molecule is c1ccc(-c2ccc(-c3ccccc3-c3ccc(-c4ccc5c(c4)sc4ccc6c7ccccc7n(-c7ccccc7)c6c45)c(-c4nc(-c5ccccc5)nc(-c5ccccc5)n4)c3)cc2)cc1. The van der Waals surface area contributed by atoms with E-state index in [1.807, 2.05) is 47.7 Å². The Bertz CT molecular complexity index is 3930. The zero-order chi connectivity index (χ0) is 45.0. The van der Waals surface area contributed by atoms with Crippen LogP contribution in [-0.4, -0.2) is 19.5 Å². The van der Waals surface area contributed by atoms with E-state index in [1.165, 1.54) is 53.1 Å². The van der Waals surface area contributed by atoms with Gasteiger partial charge in [0.1, 0.15) is 0 Å². The molecule has 0 bridgehead atoms. The minimum absolute atomic E-state index is 0.616. The average Bonchev–Trinajstić information content (AvgIpc) is 3.97. The highest BCUT2D eigenvalue weighted by Gasteiger charge is 2.21. The highest BCUT2D eigenvalue weighted by Crippen LogP contribution is 2.46. The topological polar surface area (TPSA) is 43.6 Å². The lowest BCUT2D eigenvalue weighted by Gasteiger charge is -2.16. The molecular formula is C63H40N4S. The minimum Gasteiger partial charge on any atom is -0.309 e. The Morgan fingerprint density at radius 1 is 0.294 bits per heavy atom. The molecule has 0 aliphatic heterocycles. The molecule has 318 valence electrons. The third kappa shape index (κ3) is 6.88. The van der Waals surface area contributed by atoms with Crippen LogP contribution in [0.1, 0.15) is 0 Å². The molecule has 10 aromatic carbocycles. The fraction of sp³-hybridized carbons (Fsp3) is 0. The van der Waals surface area contributed by atoms with Gasteiger partial charge in [-0.15, -0.1) is 11.3 Å². The predicted octanol–water partition coefficient (Wildman–Crippen LogP) is 17.0. The lowest BCUT2D eigenvalue weighted by Crippen LogP contribution is -2.01. The fourth-order valence-corrected chi connectivity index (χ4v) is 11.0. The summed E-state index contributed by atoms with van der Waals surface area (Å²) in [5.74, 6) is 1.87. The first-order valence-electron chi connectivity index (χ1n) is 22.9. The molecule has 0 atom stereocenters. The van der Waals surface area contributed by atoms with E-state index in [0.717, 1.165) is 55.8 Å². The molecule has 68 heavy (non-hydrogen) atoms. The monoisotopic (exact) mass is 884 g/mol. The molecule has 0 amide bonds. The zero-order valence-electron chi connectivity index (χ0n) is 36.8. The Morgan fingerprint density at radius 3 is 1.47 bits per heavy atom. The van der Waals surface area contributed by atoms with E-state index in [0.29, 0.717) is 17.5 Å². The maximum absolute atomic E-state index is 5.31. The molecule has 13 aromatic rings. The normalized spacial score (nSPS) is 11.5. The van der Waals surface area contributed by atoms with Gasteiger partial charge in [-0.05, 0) is 80.9 Å². The number of aromatic nitrogens is 4. The van der Waals surface area contributed by atoms with Crippen LogP contribution in [0, 0.1) is 0 Å². The predicted molar refractivity (Wildman–Crippen MR) is 285 cm³/mol. The summed E-state index contributed by atoms with van der Waals surface area (Å²) in [6.07, 6.45) is 0. The van der Waals surface area contributed by atoms with E-state index in [2.05, 4.69) is 211 Å². The summed E-state index contributed by atoms with van der Waals surface area (Å²) in [6.45, 7) is 0. The smallest absolute Gasteiger partial charge is 0.164 e. The van der Waals surface area contributed by atoms with Gasteiger partial charge in [-0.1, -0.05) is 206 Å². The van der Waals surface area contributed by atoms with E-state index in [-0.39, 0.29) is 0 Å². The summed E-state index contributed by atoms with van der Waals surface area (Å²) < 4.78 is 4.92. The van der Waals surface area contributed by atoms with Crippen LogP contribution in [0.2, 0.25) is 0 Å². The lowest BCUT2D eigenvalue weighted by molar-refractivity contribution is 1.07. The van der Waals surface area contributed by atoms with E-state index in [4.69, 9.17) is 15.0 Å². The molecule has 0 spiro atoms. The number of hydrogen-bond donors (Lipinski definition) is 0. The van der Waals surface area contributed by atoms with Gasteiger partial charge in [0.15, 0.2) is 17.5 Å². The Kier molecular flexibility index (Phi) is 9.66. The van der Waals surface area contributed by atoms with E-state index in [9.17, 15) is 0 Å².